The van der Waals surface area contributed by atoms with Crippen LogP contribution in [0.5, 0.6) is 0 Å². The Labute approximate surface area is 163 Å². The third kappa shape index (κ3) is 3.98. The first-order valence-corrected chi connectivity index (χ1v) is 8.85. The first-order chi connectivity index (χ1) is 12.3. The molecule has 0 unspecified atom stereocenters. The maximum atomic E-state index is 12.1. The van der Waals surface area contributed by atoms with Crippen LogP contribution < -0.4 is 5.32 Å². The molecule has 0 aliphatic rings. The number of hydrogen-bond donors (Lipinski definition) is 1. The normalized spacial score (nSPS) is 10.8. The second-order valence-corrected chi connectivity index (χ2v) is 7.02. The lowest BCUT2D eigenvalue weighted by atomic mass is 10.2. The van der Waals surface area contributed by atoms with E-state index in [4.69, 9.17) is 4.74 Å². The Morgan fingerprint density at radius 2 is 1.96 bits per heavy atom. The maximum absolute atomic E-state index is 12.1. The number of amides is 1. The average molecular weight is 465 g/mol. The van der Waals surface area contributed by atoms with Crippen molar-refractivity contribution in [3.63, 3.8) is 0 Å². The van der Waals surface area contributed by atoms with Crippen molar-refractivity contribution in [3.8, 4) is 0 Å². The van der Waals surface area contributed by atoms with Crippen LogP contribution in [0.15, 0.2) is 24.3 Å². The molecule has 0 fully saturated rings. The Kier molecular flexibility index (Phi) is 5.16. The standard InChI is InChI=1S/C17H16IN5O3/c1-9-6-12(18)4-5-13(9)20-14(24)8-26-16(25)15-21-17-19-10(2)7-11(3)23(17)22-15/h4-7H,8H2,1-3H3,(H,20,24). The van der Waals surface area contributed by atoms with Gasteiger partial charge in [-0.2, -0.15) is 4.98 Å². The molecule has 0 spiro atoms. The van der Waals surface area contributed by atoms with E-state index in [1.807, 2.05) is 39.0 Å². The second kappa shape index (κ2) is 7.36. The van der Waals surface area contributed by atoms with E-state index in [2.05, 4.69) is 43.0 Å². The highest BCUT2D eigenvalue weighted by atomic mass is 127. The van der Waals surface area contributed by atoms with E-state index in [0.717, 1.165) is 20.5 Å². The Balaban J connectivity index is 1.65. The Morgan fingerprint density at radius 3 is 2.69 bits per heavy atom. The fourth-order valence-electron chi connectivity index (χ4n) is 2.40. The SMILES string of the molecule is Cc1cc(C)n2nc(C(=O)OCC(=O)Nc3ccc(I)cc3C)nc2n1. The zero-order valence-corrected chi connectivity index (χ0v) is 16.6. The van der Waals surface area contributed by atoms with Gasteiger partial charge in [-0.15, -0.1) is 5.10 Å². The van der Waals surface area contributed by atoms with Crippen LogP contribution in [0.1, 0.15) is 27.6 Å². The first kappa shape index (κ1) is 18.2. The van der Waals surface area contributed by atoms with Crippen LogP contribution in [0.2, 0.25) is 0 Å². The Morgan fingerprint density at radius 1 is 1.19 bits per heavy atom. The zero-order chi connectivity index (χ0) is 18.8. The number of halogens is 1. The Hall–Kier alpha value is -2.56. The number of hydrogen-bond acceptors (Lipinski definition) is 6. The molecule has 8 nitrogen and oxygen atoms in total. The van der Waals surface area contributed by atoms with E-state index in [1.54, 1.807) is 6.07 Å². The van der Waals surface area contributed by atoms with Crippen LogP contribution in [0, 0.1) is 24.3 Å². The molecule has 0 bridgehead atoms. The van der Waals surface area contributed by atoms with Gasteiger partial charge in [0, 0.05) is 20.6 Å². The van der Waals surface area contributed by atoms with E-state index in [0.29, 0.717) is 11.5 Å². The molecular formula is C17H16IN5O3. The summed E-state index contributed by atoms with van der Waals surface area (Å²) >= 11 is 2.19. The molecule has 0 radical (unpaired) electrons. The van der Waals surface area contributed by atoms with Gasteiger partial charge in [-0.1, -0.05) is 0 Å². The number of carbonyl (C=O) groups excluding carboxylic acids is 2. The smallest absolute Gasteiger partial charge is 0.378 e. The van der Waals surface area contributed by atoms with Gasteiger partial charge in [0.2, 0.25) is 0 Å². The van der Waals surface area contributed by atoms with E-state index in [1.165, 1.54) is 4.52 Å². The van der Waals surface area contributed by atoms with E-state index < -0.39 is 18.5 Å². The molecule has 9 heteroatoms. The van der Waals surface area contributed by atoms with Crippen LogP contribution in [-0.2, 0) is 9.53 Å². The lowest BCUT2D eigenvalue weighted by Gasteiger charge is -2.08. The number of carbonyl (C=O) groups is 2. The molecule has 2 aromatic heterocycles. The van der Waals surface area contributed by atoms with Crippen LogP contribution in [-0.4, -0.2) is 38.1 Å². The van der Waals surface area contributed by atoms with Crippen molar-refractivity contribution in [2.45, 2.75) is 20.8 Å². The first-order valence-electron chi connectivity index (χ1n) is 7.77. The molecular weight excluding hydrogens is 449 g/mol. The maximum Gasteiger partial charge on any atom is 0.378 e. The third-order valence-electron chi connectivity index (χ3n) is 3.60. The lowest BCUT2D eigenvalue weighted by Crippen LogP contribution is -2.21. The minimum Gasteiger partial charge on any atom is -0.450 e. The molecule has 26 heavy (non-hydrogen) atoms. The molecule has 0 aliphatic heterocycles. The second-order valence-electron chi connectivity index (χ2n) is 5.77. The summed E-state index contributed by atoms with van der Waals surface area (Å²) in [5, 5.41) is 6.78. The summed E-state index contributed by atoms with van der Waals surface area (Å²) in [6.45, 7) is 5.13. The molecule has 134 valence electrons. The molecule has 1 aromatic carbocycles. The highest BCUT2D eigenvalue weighted by Crippen LogP contribution is 2.17. The molecule has 3 rings (SSSR count). The summed E-state index contributed by atoms with van der Waals surface area (Å²) in [5.41, 5.74) is 3.17. The van der Waals surface area contributed by atoms with E-state index in [9.17, 15) is 9.59 Å². The van der Waals surface area contributed by atoms with Crippen molar-refractivity contribution in [1.29, 1.82) is 0 Å². The van der Waals surface area contributed by atoms with Crippen LogP contribution in [0.3, 0.4) is 0 Å². The number of fused-ring (bicyclic) bond motifs is 1. The summed E-state index contributed by atoms with van der Waals surface area (Å²) in [4.78, 5) is 32.4. The van der Waals surface area contributed by atoms with Gasteiger partial charge in [-0.3, -0.25) is 4.79 Å². The fraction of sp³-hybridized carbons (Fsp3) is 0.235. The predicted octanol–water partition coefficient (Wildman–Crippen LogP) is 2.45. The number of aromatic nitrogens is 4. The van der Waals surface area contributed by atoms with Crippen molar-refractivity contribution in [3.05, 3.63) is 50.6 Å². The van der Waals surface area contributed by atoms with Gasteiger partial charge in [0.25, 0.3) is 17.5 Å². The van der Waals surface area contributed by atoms with Crippen LogP contribution >= 0.6 is 22.6 Å². The fourth-order valence-corrected chi connectivity index (χ4v) is 3.05. The lowest BCUT2D eigenvalue weighted by molar-refractivity contribution is -0.119. The number of aryl methyl sites for hydroxylation is 3. The van der Waals surface area contributed by atoms with Gasteiger partial charge in [0.05, 0.1) is 0 Å². The number of esters is 1. The number of anilines is 1. The molecule has 0 aliphatic carbocycles. The summed E-state index contributed by atoms with van der Waals surface area (Å²) in [6, 6.07) is 7.46. The molecule has 0 saturated carbocycles. The molecule has 1 N–H and O–H groups in total. The number of ether oxygens (including phenoxy) is 1. The number of rotatable bonds is 4. The quantitative estimate of drug-likeness (QED) is 0.470. The van der Waals surface area contributed by atoms with Gasteiger partial charge in [0.15, 0.2) is 6.61 Å². The monoisotopic (exact) mass is 465 g/mol. The van der Waals surface area contributed by atoms with Crippen molar-refractivity contribution in [2.75, 3.05) is 11.9 Å². The van der Waals surface area contributed by atoms with Gasteiger partial charge in [-0.25, -0.2) is 14.3 Å². The molecule has 2 heterocycles. The van der Waals surface area contributed by atoms with Crippen molar-refractivity contribution in [2.24, 2.45) is 0 Å². The van der Waals surface area contributed by atoms with Crippen molar-refractivity contribution in [1.82, 2.24) is 19.6 Å². The molecule has 0 saturated heterocycles. The molecule has 3 aromatic rings. The third-order valence-corrected chi connectivity index (χ3v) is 4.27. The zero-order valence-electron chi connectivity index (χ0n) is 14.4. The molecule has 0 atom stereocenters. The van der Waals surface area contributed by atoms with Crippen molar-refractivity contribution < 1.29 is 14.3 Å². The van der Waals surface area contributed by atoms with Gasteiger partial charge >= 0.3 is 5.97 Å². The summed E-state index contributed by atoms with van der Waals surface area (Å²) in [7, 11) is 0. The highest BCUT2D eigenvalue weighted by molar-refractivity contribution is 14.1. The number of nitrogens with one attached hydrogen (secondary N) is 1. The summed E-state index contributed by atoms with van der Waals surface area (Å²) in [6.07, 6.45) is 0. The predicted molar refractivity (Wildman–Crippen MR) is 103 cm³/mol. The summed E-state index contributed by atoms with van der Waals surface area (Å²) in [5.74, 6) is -1.03. The Bertz CT molecular complexity index is 1020. The van der Waals surface area contributed by atoms with E-state index in [-0.39, 0.29) is 5.82 Å². The topological polar surface area (TPSA) is 98.5 Å². The minimum absolute atomic E-state index is 0.135. The minimum atomic E-state index is -0.776. The average Bonchev–Trinajstić information content (AvgIpc) is 2.99. The largest absolute Gasteiger partial charge is 0.450 e. The van der Waals surface area contributed by atoms with Crippen LogP contribution in [0.4, 0.5) is 5.69 Å². The van der Waals surface area contributed by atoms with Crippen LogP contribution in [0.25, 0.3) is 5.78 Å². The van der Waals surface area contributed by atoms with E-state index >= 15 is 0 Å². The van der Waals surface area contributed by atoms with Gasteiger partial charge < -0.3 is 10.1 Å². The van der Waals surface area contributed by atoms with Gasteiger partial charge in [-0.05, 0) is 73.2 Å². The molecule has 1 amide bonds. The van der Waals surface area contributed by atoms with Crippen molar-refractivity contribution >= 4 is 45.9 Å². The summed E-state index contributed by atoms with van der Waals surface area (Å²) < 4.78 is 7.53. The highest BCUT2D eigenvalue weighted by Gasteiger charge is 2.18. The van der Waals surface area contributed by atoms with Gasteiger partial charge in [0.1, 0.15) is 0 Å². The number of nitrogens with zero attached hydrogens (tertiary/aromatic N) is 4. The number of benzene rings is 1.